The second-order valence-electron chi connectivity index (χ2n) is 4.80. The third-order valence-corrected chi connectivity index (χ3v) is 7.37. The van der Waals surface area contributed by atoms with Crippen LogP contribution < -0.4 is 5.19 Å². The van der Waals surface area contributed by atoms with Gasteiger partial charge in [0.1, 0.15) is 0 Å². The summed E-state index contributed by atoms with van der Waals surface area (Å²) in [4.78, 5) is 9.00. The molecule has 0 heterocycles. The monoisotopic (exact) mass is 270 g/mol. The third-order valence-electron chi connectivity index (χ3n) is 1.80. The molecule has 96 valence electrons. The van der Waals surface area contributed by atoms with E-state index in [9.17, 15) is 0 Å². The zero-order valence-electron chi connectivity index (χ0n) is 11.2. The van der Waals surface area contributed by atoms with Crippen LogP contribution in [0.15, 0.2) is 30.3 Å². The molecule has 3 nitrogen and oxygen atoms in total. The first-order valence-electron chi connectivity index (χ1n) is 5.64. The fraction of sp³-hybridized carbons (Fsp3) is 0.417. The third kappa shape index (κ3) is 9.98. The Morgan fingerprint density at radius 2 is 1.65 bits per heavy atom. The van der Waals surface area contributed by atoms with Crippen LogP contribution in [0.2, 0.25) is 26.2 Å². The highest BCUT2D eigenvalue weighted by molar-refractivity contribution is 6.81. The molecule has 0 aliphatic carbocycles. The van der Waals surface area contributed by atoms with Crippen molar-refractivity contribution in [3.05, 3.63) is 30.3 Å². The number of aliphatic carboxylic acids is 1. The summed E-state index contributed by atoms with van der Waals surface area (Å²) >= 11 is 0. The quantitative estimate of drug-likeness (QED) is 0.857. The molecule has 0 saturated carbocycles. The van der Waals surface area contributed by atoms with Crippen molar-refractivity contribution in [2.24, 2.45) is 0 Å². The molecule has 0 fully saturated rings. The Bertz CT molecular complexity index is 329. The van der Waals surface area contributed by atoms with E-state index >= 15 is 0 Å². The molecule has 1 unspecified atom stereocenters. The van der Waals surface area contributed by atoms with Crippen LogP contribution in [-0.4, -0.2) is 28.4 Å². The number of carboxylic acids is 1. The summed E-state index contributed by atoms with van der Waals surface area (Å²) in [6.07, 6.45) is 0. The molecule has 0 amide bonds. The lowest BCUT2D eigenvalue weighted by atomic mass is 10.4. The first kappa shape index (κ1) is 16.1. The zero-order valence-corrected chi connectivity index (χ0v) is 13.4. The Morgan fingerprint density at radius 3 is 2.00 bits per heavy atom. The van der Waals surface area contributed by atoms with E-state index in [1.54, 1.807) is 0 Å². The van der Waals surface area contributed by atoms with Gasteiger partial charge in [0.05, 0.1) is 0 Å². The van der Waals surface area contributed by atoms with Crippen molar-refractivity contribution in [2.45, 2.75) is 33.1 Å². The molecule has 0 aromatic heterocycles. The summed E-state index contributed by atoms with van der Waals surface area (Å²) in [7, 11) is -2.47. The smallest absolute Gasteiger partial charge is 0.300 e. The van der Waals surface area contributed by atoms with E-state index < -0.39 is 23.3 Å². The molecular weight excluding hydrogens is 248 g/mol. The van der Waals surface area contributed by atoms with E-state index in [2.05, 4.69) is 56.5 Å². The van der Waals surface area contributed by atoms with Gasteiger partial charge in [-0.15, -0.1) is 0 Å². The van der Waals surface area contributed by atoms with E-state index in [-0.39, 0.29) is 0 Å². The highest BCUT2D eigenvalue weighted by atomic mass is 28.4. The van der Waals surface area contributed by atoms with Crippen LogP contribution in [0, 0.1) is 0 Å². The molecule has 1 atom stereocenters. The van der Waals surface area contributed by atoms with Crippen molar-refractivity contribution in [3.63, 3.8) is 0 Å². The van der Waals surface area contributed by atoms with Gasteiger partial charge in [0.25, 0.3) is 5.97 Å². The van der Waals surface area contributed by atoms with E-state index in [1.165, 1.54) is 5.19 Å². The average molecular weight is 270 g/mol. The van der Waals surface area contributed by atoms with Crippen LogP contribution in [0.25, 0.3) is 0 Å². The first-order chi connectivity index (χ1) is 7.72. The summed E-state index contributed by atoms with van der Waals surface area (Å²) in [5.74, 6) is -0.833. The Hall–Kier alpha value is -0.916. The Labute approximate surface area is 106 Å². The second-order valence-corrected chi connectivity index (χ2v) is 11.9. The molecule has 1 rings (SSSR count). The molecule has 0 aliphatic heterocycles. The second kappa shape index (κ2) is 7.42. The van der Waals surface area contributed by atoms with Crippen LogP contribution in [0.3, 0.4) is 0 Å². The summed E-state index contributed by atoms with van der Waals surface area (Å²) < 4.78 is 6.10. The lowest BCUT2D eigenvalue weighted by molar-refractivity contribution is -0.134. The van der Waals surface area contributed by atoms with Crippen molar-refractivity contribution in [3.8, 4) is 0 Å². The number of carbonyl (C=O) groups is 1. The largest absolute Gasteiger partial charge is 0.481 e. The molecule has 0 spiro atoms. The fourth-order valence-corrected chi connectivity index (χ4v) is 6.87. The maximum atomic E-state index is 9.00. The summed E-state index contributed by atoms with van der Waals surface area (Å²) in [6.45, 7) is 10.1. The van der Waals surface area contributed by atoms with Crippen molar-refractivity contribution >= 4 is 28.5 Å². The Balaban J connectivity index is 0.000000557. The van der Waals surface area contributed by atoms with Crippen LogP contribution in [0.1, 0.15) is 6.92 Å². The Kier molecular flexibility index (Phi) is 7.02. The zero-order chi connectivity index (χ0) is 13.5. The summed E-state index contributed by atoms with van der Waals surface area (Å²) in [5.41, 5.74) is 0. The van der Waals surface area contributed by atoms with Crippen molar-refractivity contribution in [1.29, 1.82) is 0 Å². The first-order valence-corrected chi connectivity index (χ1v) is 11.3. The topological polar surface area (TPSA) is 46.5 Å². The molecule has 0 saturated heterocycles. The van der Waals surface area contributed by atoms with Gasteiger partial charge in [0, 0.05) is 6.92 Å². The van der Waals surface area contributed by atoms with Gasteiger partial charge in [-0.2, -0.15) is 0 Å². The average Bonchev–Trinajstić information content (AvgIpc) is 2.15. The molecule has 1 N–H and O–H groups in total. The minimum atomic E-state index is -1.34. The van der Waals surface area contributed by atoms with Gasteiger partial charge >= 0.3 is 0 Å². The van der Waals surface area contributed by atoms with Crippen molar-refractivity contribution < 1.29 is 14.0 Å². The van der Waals surface area contributed by atoms with E-state index in [4.69, 9.17) is 14.0 Å². The number of rotatable bonds is 3. The number of hydrogen-bond acceptors (Lipinski definition) is 2. The van der Waals surface area contributed by atoms with E-state index in [0.717, 1.165) is 6.92 Å². The molecule has 0 radical (unpaired) electrons. The molecule has 5 heteroatoms. The Morgan fingerprint density at radius 1 is 1.24 bits per heavy atom. The molecule has 1 aromatic rings. The molecule has 0 aliphatic rings. The highest BCUT2D eigenvalue weighted by Gasteiger charge is 2.19. The van der Waals surface area contributed by atoms with Crippen molar-refractivity contribution in [1.82, 2.24) is 0 Å². The van der Waals surface area contributed by atoms with Gasteiger partial charge in [-0.3, -0.25) is 4.79 Å². The van der Waals surface area contributed by atoms with Gasteiger partial charge in [0.15, 0.2) is 17.4 Å². The molecule has 0 bridgehead atoms. The minimum Gasteiger partial charge on any atom is -0.481 e. The lowest BCUT2D eigenvalue weighted by Crippen LogP contribution is -2.40. The normalized spacial score (nSPS) is 12.3. The molecule has 17 heavy (non-hydrogen) atoms. The number of benzene rings is 1. The van der Waals surface area contributed by atoms with Gasteiger partial charge in [-0.05, 0) is 31.4 Å². The van der Waals surface area contributed by atoms with Gasteiger partial charge in [0.2, 0.25) is 0 Å². The van der Waals surface area contributed by atoms with Crippen LogP contribution in [-0.2, 0) is 8.91 Å². The predicted molar refractivity (Wildman–Crippen MR) is 76.8 cm³/mol. The summed E-state index contributed by atoms with van der Waals surface area (Å²) in [6, 6.07) is 10.6. The fourth-order valence-electron chi connectivity index (χ4n) is 1.32. The lowest BCUT2D eigenvalue weighted by Gasteiger charge is -2.23. The predicted octanol–water partition coefficient (Wildman–Crippen LogP) is 2.19. The molecular formula is C12H22O3Si2. The summed E-state index contributed by atoms with van der Waals surface area (Å²) in [5, 5.41) is 8.82. The maximum Gasteiger partial charge on any atom is 0.300 e. The highest BCUT2D eigenvalue weighted by Crippen LogP contribution is 2.04. The van der Waals surface area contributed by atoms with Gasteiger partial charge < -0.3 is 9.22 Å². The van der Waals surface area contributed by atoms with Gasteiger partial charge in [-0.1, -0.05) is 30.3 Å². The van der Waals surface area contributed by atoms with E-state index in [1.807, 2.05) is 0 Å². The van der Waals surface area contributed by atoms with Gasteiger partial charge in [-0.25, -0.2) is 0 Å². The number of hydrogen-bond donors (Lipinski definition) is 1. The SMILES string of the molecule is CC(=O)O.C[SiH](O[Si](C)(C)C)c1ccccc1. The maximum absolute atomic E-state index is 9.00. The van der Waals surface area contributed by atoms with Crippen molar-refractivity contribution in [2.75, 3.05) is 0 Å². The standard InChI is InChI=1S/C10H18OSi2.C2H4O2/c1-12(11-13(2,3)4)10-8-6-5-7-9-10;1-2(3)4/h5-9,12H,1-4H3;1H3,(H,3,4). The minimum absolute atomic E-state index is 0.833. The van der Waals surface area contributed by atoms with Crippen LogP contribution in [0.4, 0.5) is 0 Å². The van der Waals surface area contributed by atoms with Crippen LogP contribution in [0.5, 0.6) is 0 Å². The number of carboxylic acid groups (broad SMARTS) is 1. The van der Waals surface area contributed by atoms with Crippen LogP contribution >= 0.6 is 0 Å². The molecule has 1 aromatic carbocycles. The van der Waals surface area contributed by atoms with E-state index in [0.29, 0.717) is 0 Å².